The highest BCUT2D eigenvalue weighted by Crippen LogP contribution is 2.10. The van der Waals surface area contributed by atoms with Gasteiger partial charge in [-0.3, -0.25) is 9.78 Å². The lowest BCUT2D eigenvalue weighted by Gasteiger charge is -2.18. The highest BCUT2D eigenvalue weighted by molar-refractivity contribution is 6.00. The minimum absolute atomic E-state index is 0.0147. The molecule has 0 aliphatic heterocycles. The molecular formula is C13H19N5O. The number of aromatic nitrogens is 3. The molecule has 0 fully saturated rings. The van der Waals surface area contributed by atoms with Crippen LogP contribution in [-0.2, 0) is 0 Å². The van der Waals surface area contributed by atoms with Gasteiger partial charge in [0.25, 0.3) is 5.91 Å². The lowest BCUT2D eigenvalue weighted by Crippen LogP contribution is -2.41. The molecule has 0 saturated carbocycles. The molecule has 0 radical (unpaired) electrons. The Morgan fingerprint density at radius 3 is 2.95 bits per heavy atom. The number of nitrogens with one attached hydrogen (secondary N) is 1. The van der Waals surface area contributed by atoms with Crippen LogP contribution < -0.4 is 11.1 Å². The standard InChI is InChI=1S/C13H19N5O/c1-9(2)5-10(6-14)17-13(19)11-7-16-18-4-3-15-8-12(11)18/h3-4,7-10H,5-6,14H2,1-2H3,(H,17,19). The third-order valence-corrected chi connectivity index (χ3v) is 2.95. The molecule has 0 bridgehead atoms. The summed E-state index contributed by atoms with van der Waals surface area (Å²) in [5.41, 5.74) is 6.91. The van der Waals surface area contributed by atoms with Crippen molar-refractivity contribution in [1.82, 2.24) is 19.9 Å². The van der Waals surface area contributed by atoms with Crippen LogP contribution in [0, 0.1) is 5.92 Å². The Morgan fingerprint density at radius 2 is 2.26 bits per heavy atom. The van der Waals surface area contributed by atoms with Gasteiger partial charge in [-0.25, -0.2) is 4.52 Å². The third-order valence-electron chi connectivity index (χ3n) is 2.95. The average Bonchev–Trinajstić information content (AvgIpc) is 2.81. The van der Waals surface area contributed by atoms with E-state index in [2.05, 4.69) is 29.2 Å². The number of fused-ring (bicyclic) bond motifs is 1. The number of amides is 1. The van der Waals surface area contributed by atoms with Crippen LogP contribution in [0.2, 0.25) is 0 Å². The van der Waals surface area contributed by atoms with Crippen molar-refractivity contribution in [2.45, 2.75) is 26.3 Å². The maximum atomic E-state index is 12.2. The molecule has 0 saturated heterocycles. The van der Waals surface area contributed by atoms with E-state index >= 15 is 0 Å². The van der Waals surface area contributed by atoms with E-state index < -0.39 is 0 Å². The van der Waals surface area contributed by atoms with Gasteiger partial charge in [-0.05, 0) is 12.3 Å². The van der Waals surface area contributed by atoms with E-state index in [1.807, 2.05) is 0 Å². The molecule has 1 atom stereocenters. The minimum Gasteiger partial charge on any atom is -0.348 e. The second kappa shape index (κ2) is 5.79. The van der Waals surface area contributed by atoms with E-state index in [1.54, 1.807) is 29.3 Å². The first kappa shape index (κ1) is 13.5. The number of carbonyl (C=O) groups is 1. The quantitative estimate of drug-likeness (QED) is 0.835. The van der Waals surface area contributed by atoms with Crippen molar-refractivity contribution in [2.75, 3.05) is 6.54 Å². The molecule has 2 rings (SSSR count). The largest absolute Gasteiger partial charge is 0.348 e. The van der Waals surface area contributed by atoms with E-state index in [1.165, 1.54) is 0 Å². The van der Waals surface area contributed by atoms with Crippen LogP contribution in [-0.4, -0.2) is 33.1 Å². The highest BCUT2D eigenvalue weighted by Gasteiger charge is 2.17. The van der Waals surface area contributed by atoms with Crippen LogP contribution in [0.15, 0.2) is 24.8 Å². The van der Waals surface area contributed by atoms with E-state index in [9.17, 15) is 4.79 Å². The summed E-state index contributed by atoms with van der Waals surface area (Å²) in [6, 6.07) is -0.0147. The minimum atomic E-state index is -0.154. The number of nitrogens with two attached hydrogens (primary N) is 1. The van der Waals surface area contributed by atoms with E-state index in [4.69, 9.17) is 5.73 Å². The van der Waals surface area contributed by atoms with Gasteiger partial charge in [-0.15, -0.1) is 0 Å². The Balaban J connectivity index is 2.15. The van der Waals surface area contributed by atoms with E-state index in [0.717, 1.165) is 6.42 Å². The summed E-state index contributed by atoms with van der Waals surface area (Å²) in [6.07, 6.45) is 7.38. The van der Waals surface area contributed by atoms with Gasteiger partial charge in [0.2, 0.25) is 0 Å². The van der Waals surface area contributed by atoms with Crippen LogP contribution in [0.3, 0.4) is 0 Å². The Morgan fingerprint density at radius 1 is 1.47 bits per heavy atom. The van der Waals surface area contributed by atoms with Gasteiger partial charge in [-0.1, -0.05) is 13.8 Å². The van der Waals surface area contributed by atoms with Gasteiger partial charge in [0, 0.05) is 25.0 Å². The maximum Gasteiger partial charge on any atom is 0.255 e. The lowest BCUT2D eigenvalue weighted by atomic mass is 10.0. The molecule has 2 heterocycles. The molecule has 1 amide bonds. The normalized spacial score (nSPS) is 12.8. The van der Waals surface area contributed by atoms with Crippen molar-refractivity contribution in [1.29, 1.82) is 0 Å². The van der Waals surface area contributed by atoms with E-state index in [-0.39, 0.29) is 11.9 Å². The summed E-state index contributed by atoms with van der Waals surface area (Å²) in [5, 5.41) is 7.07. The Bertz CT molecular complexity index is 563. The molecular weight excluding hydrogens is 242 g/mol. The number of rotatable bonds is 5. The molecule has 102 valence electrons. The van der Waals surface area contributed by atoms with Crippen molar-refractivity contribution < 1.29 is 4.79 Å². The number of nitrogens with zero attached hydrogens (tertiary/aromatic N) is 3. The average molecular weight is 261 g/mol. The Labute approximate surface area is 112 Å². The summed E-state index contributed by atoms with van der Waals surface area (Å²) in [6.45, 7) is 4.64. The van der Waals surface area contributed by atoms with Crippen molar-refractivity contribution in [3.63, 3.8) is 0 Å². The van der Waals surface area contributed by atoms with Crippen molar-refractivity contribution in [3.8, 4) is 0 Å². The summed E-state index contributed by atoms with van der Waals surface area (Å²) in [7, 11) is 0. The van der Waals surface area contributed by atoms with Gasteiger partial charge in [0.1, 0.15) is 0 Å². The monoisotopic (exact) mass is 261 g/mol. The number of carbonyl (C=O) groups excluding carboxylic acids is 1. The van der Waals surface area contributed by atoms with Crippen LogP contribution in [0.4, 0.5) is 0 Å². The lowest BCUT2D eigenvalue weighted by molar-refractivity contribution is 0.0935. The molecule has 0 aromatic carbocycles. The van der Waals surface area contributed by atoms with Crippen molar-refractivity contribution >= 4 is 11.4 Å². The molecule has 6 nitrogen and oxygen atoms in total. The summed E-state index contributed by atoms with van der Waals surface area (Å²) in [5.74, 6) is 0.332. The molecule has 2 aromatic heterocycles. The maximum absolute atomic E-state index is 12.2. The van der Waals surface area contributed by atoms with Crippen LogP contribution in [0.5, 0.6) is 0 Å². The Kier molecular flexibility index (Phi) is 4.11. The van der Waals surface area contributed by atoms with Gasteiger partial charge < -0.3 is 11.1 Å². The molecule has 1 unspecified atom stereocenters. The van der Waals surface area contributed by atoms with Crippen LogP contribution in [0.1, 0.15) is 30.6 Å². The zero-order chi connectivity index (χ0) is 13.8. The molecule has 19 heavy (non-hydrogen) atoms. The smallest absolute Gasteiger partial charge is 0.255 e. The van der Waals surface area contributed by atoms with Gasteiger partial charge in [0.15, 0.2) is 0 Å². The van der Waals surface area contributed by atoms with Gasteiger partial charge >= 0.3 is 0 Å². The second-order valence-electron chi connectivity index (χ2n) is 5.00. The summed E-state index contributed by atoms with van der Waals surface area (Å²) >= 11 is 0. The molecule has 0 aliphatic carbocycles. The van der Waals surface area contributed by atoms with Crippen molar-refractivity contribution in [2.24, 2.45) is 11.7 Å². The predicted molar refractivity (Wildman–Crippen MR) is 72.8 cm³/mol. The fourth-order valence-corrected chi connectivity index (χ4v) is 2.06. The molecule has 6 heteroatoms. The first-order valence-electron chi connectivity index (χ1n) is 6.40. The highest BCUT2D eigenvalue weighted by atomic mass is 16.1. The second-order valence-corrected chi connectivity index (χ2v) is 5.00. The van der Waals surface area contributed by atoms with Gasteiger partial charge in [0.05, 0.1) is 23.5 Å². The van der Waals surface area contributed by atoms with Gasteiger partial charge in [-0.2, -0.15) is 5.10 Å². The topological polar surface area (TPSA) is 85.3 Å². The first-order chi connectivity index (χ1) is 9.11. The predicted octanol–water partition coefficient (Wildman–Crippen LogP) is 0.833. The zero-order valence-electron chi connectivity index (χ0n) is 11.2. The van der Waals surface area contributed by atoms with E-state index in [0.29, 0.717) is 23.5 Å². The molecule has 0 aliphatic rings. The molecule has 2 aromatic rings. The third kappa shape index (κ3) is 3.08. The summed E-state index contributed by atoms with van der Waals surface area (Å²) in [4.78, 5) is 16.2. The SMILES string of the molecule is CC(C)CC(CN)NC(=O)c1cnn2ccncc12. The van der Waals surface area contributed by atoms with Crippen LogP contribution in [0.25, 0.3) is 5.52 Å². The zero-order valence-corrected chi connectivity index (χ0v) is 11.2. The first-order valence-corrected chi connectivity index (χ1v) is 6.40. The number of hydrogen-bond donors (Lipinski definition) is 2. The number of hydrogen-bond acceptors (Lipinski definition) is 4. The molecule has 0 spiro atoms. The van der Waals surface area contributed by atoms with Crippen molar-refractivity contribution in [3.05, 3.63) is 30.4 Å². The summed E-state index contributed by atoms with van der Waals surface area (Å²) < 4.78 is 1.63. The molecule has 3 N–H and O–H groups in total. The Hall–Kier alpha value is -1.95. The van der Waals surface area contributed by atoms with Crippen LogP contribution >= 0.6 is 0 Å². The fraction of sp³-hybridized carbons (Fsp3) is 0.462. The fourth-order valence-electron chi connectivity index (χ4n) is 2.06.